The van der Waals surface area contributed by atoms with E-state index in [1.54, 1.807) is 4.90 Å². The van der Waals surface area contributed by atoms with Crippen molar-refractivity contribution in [3.8, 4) is 0 Å². The molecule has 1 aromatic carbocycles. The van der Waals surface area contributed by atoms with E-state index < -0.39 is 11.4 Å². The fourth-order valence-corrected chi connectivity index (χ4v) is 4.45. The van der Waals surface area contributed by atoms with Crippen molar-refractivity contribution in [2.24, 2.45) is 17.3 Å². The highest BCUT2D eigenvalue weighted by Gasteiger charge is 2.63. The number of carbonyl (C=O) groups excluding carboxylic acids is 1. The number of amides is 1. The normalized spacial score (nSPS) is 28.4. The van der Waals surface area contributed by atoms with Crippen molar-refractivity contribution in [2.75, 3.05) is 6.54 Å². The Labute approximate surface area is 136 Å². The van der Waals surface area contributed by atoms with Crippen molar-refractivity contribution in [1.82, 2.24) is 4.90 Å². The Morgan fingerprint density at radius 3 is 2.65 bits per heavy atom. The number of piperidine rings is 1. The SMILES string of the molecule is CC1(C)[C@H](C(=O)O)[C@H]2CCCN(C(=O)OCc3ccccc3)[C@H]21. The van der Waals surface area contributed by atoms with Crippen LogP contribution in [0.1, 0.15) is 32.3 Å². The molecule has 0 spiro atoms. The van der Waals surface area contributed by atoms with Crippen molar-refractivity contribution in [3.05, 3.63) is 35.9 Å². The number of carbonyl (C=O) groups is 2. The highest BCUT2D eigenvalue weighted by molar-refractivity contribution is 5.75. The van der Waals surface area contributed by atoms with E-state index in [1.165, 1.54) is 0 Å². The summed E-state index contributed by atoms with van der Waals surface area (Å²) < 4.78 is 5.45. The molecule has 1 amide bonds. The molecule has 124 valence electrons. The maximum absolute atomic E-state index is 12.5. The lowest BCUT2D eigenvalue weighted by Gasteiger charge is -2.62. The Morgan fingerprint density at radius 2 is 2.00 bits per heavy atom. The first-order valence-electron chi connectivity index (χ1n) is 8.13. The number of hydrogen-bond donors (Lipinski definition) is 1. The van der Waals surface area contributed by atoms with Gasteiger partial charge < -0.3 is 14.7 Å². The van der Waals surface area contributed by atoms with Gasteiger partial charge in [-0.3, -0.25) is 4.79 Å². The molecule has 3 atom stereocenters. The monoisotopic (exact) mass is 317 g/mol. The maximum atomic E-state index is 12.5. The van der Waals surface area contributed by atoms with Crippen LogP contribution in [-0.2, 0) is 16.1 Å². The quantitative estimate of drug-likeness (QED) is 0.930. The highest BCUT2D eigenvalue weighted by Crippen LogP contribution is 2.57. The fraction of sp³-hybridized carbons (Fsp3) is 0.556. The van der Waals surface area contributed by atoms with Crippen LogP contribution in [0.4, 0.5) is 4.79 Å². The molecule has 2 fully saturated rings. The van der Waals surface area contributed by atoms with Crippen LogP contribution in [0.25, 0.3) is 0 Å². The Morgan fingerprint density at radius 1 is 1.30 bits per heavy atom. The first kappa shape index (κ1) is 15.8. The van der Waals surface area contributed by atoms with Crippen LogP contribution in [0.3, 0.4) is 0 Å². The van der Waals surface area contributed by atoms with Crippen LogP contribution >= 0.6 is 0 Å². The molecule has 23 heavy (non-hydrogen) atoms. The predicted molar refractivity (Wildman–Crippen MR) is 84.8 cm³/mol. The molecule has 1 aromatic rings. The van der Waals surface area contributed by atoms with E-state index in [1.807, 2.05) is 44.2 Å². The van der Waals surface area contributed by atoms with Gasteiger partial charge in [0.15, 0.2) is 0 Å². The Kier molecular flexibility index (Phi) is 4.04. The molecule has 2 aliphatic rings. The van der Waals surface area contributed by atoms with Crippen molar-refractivity contribution in [2.45, 2.75) is 39.3 Å². The first-order valence-corrected chi connectivity index (χ1v) is 8.13. The molecule has 1 saturated carbocycles. The molecule has 1 saturated heterocycles. The number of rotatable bonds is 3. The number of likely N-dealkylation sites (tertiary alicyclic amines) is 1. The van der Waals surface area contributed by atoms with Gasteiger partial charge in [-0.2, -0.15) is 0 Å². The van der Waals surface area contributed by atoms with Crippen LogP contribution in [0, 0.1) is 17.3 Å². The molecular weight excluding hydrogens is 294 g/mol. The molecule has 0 unspecified atom stereocenters. The van der Waals surface area contributed by atoms with Crippen molar-refractivity contribution >= 4 is 12.1 Å². The summed E-state index contributed by atoms with van der Waals surface area (Å²) in [6.07, 6.45) is 1.37. The second-order valence-electron chi connectivity index (χ2n) is 7.12. The van der Waals surface area contributed by atoms with Gasteiger partial charge in [-0.05, 0) is 29.7 Å². The molecule has 5 nitrogen and oxygen atoms in total. The minimum atomic E-state index is -0.754. The van der Waals surface area contributed by atoms with Crippen LogP contribution in [0.15, 0.2) is 30.3 Å². The zero-order valence-electron chi connectivity index (χ0n) is 13.6. The maximum Gasteiger partial charge on any atom is 0.410 e. The van der Waals surface area contributed by atoms with Gasteiger partial charge in [0.1, 0.15) is 6.61 Å². The van der Waals surface area contributed by atoms with E-state index >= 15 is 0 Å². The number of carboxylic acids is 1. The van der Waals surface area contributed by atoms with Gasteiger partial charge in [0.25, 0.3) is 0 Å². The zero-order chi connectivity index (χ0) is 16.6. The van der Waals surface area contributed by atoms with Crippen LogP contribution in [-0.4, -0.2) is 34.7 Å². The predicted octanol–water partition coefficient (Wildman–Crippen LogP) is 3.14. The second-order valence-corrected chi connectivity index (χ2v) is 7.12. The lowest BCUT2D eigenvalue weighted by atomic mass is 9.49. The second kappa shape index (κ2) is 5.87. The van der Waals surface area contributed by atoms with Gasteiger partial charge in [-0.25, -0.2) is 4.79 Å². The molecule has 0 aromatic heterocycles. The van der Waals surface area contributed by atoms with Gasteiger partial charge in [0, 0.05) is 12.6 Å². The number of ether oxygens (including phenoxy) is 1. The lowest BCUT2D eigenvalue weighted by Crippen LogP contribution is -2.70. The summed E-state index contributed by atoms with van der Waals surface area (Å²) in [5.74, 6) is -1.09. The number of hydrogen-bond acceptors (Lipinski definition) is 3. The largest absolute Gasteiger partial charge is 0.481 e. The van der Waals surface area contributed by atoms with E-state index in [4.69, 9.17) is 4.74 Å². The average molecular weight is 317 g/mol. The van der Waals surface area contributed by atoms with E-state index in [9.17, 15) is 14.7 Å². The number of fused-ring (bicyclic) bond motifs is 1. The summed E-state index contributed by atoms with van der Waals surface area (Å²) in [6.45, 7) is 4.77. The molecular formula is C18H23NO4. The van der Waals surface area contributed by atoms with E-state index in [0.717, 1.165) is 18.4 Å². The third kappa shape index (κ3) is 2.69. The van der Waals surface area contributed by atoms with Gasteiger partial charge in [0.2, 0.25) is 0 Å². The van der Waals surface area contributed by atoms with E-state index in [2.05, 4.69) is 0 Å². The minimum absolute atomic E-state index is 0.0411. The van der Waals surface area contributed by atoms with Gasteiger partial charge in [-0.15, -0.1) is 0 Å². The summed E-state index contributed by atoms with van der Waals surface area (Å²) in [4.78, 5) is 25.7. The third-order valence-corrected chi connectivity index (χ3v) is 5.38. The summed E-state index contributed by atoms with van der Waals surface area (Å²) in [5.41, 5.74) is 0.536. The molecule has 5 heteroatoms. The van der Waals surface area contributed by atoms with Crippen molar-refractivity contribution in [3.63, 3.8) is 0 Å². The smallest absolute Gasteiger partial charge is 0.410 e. The average Bonchev–Trinajstić information content (AvgIpc) is 2.52. The van der Waals surface area contributed by atoms with Crippen LogP contribution in [0.5, 0.6) is 0 Å². The Balaban J connectivity index is 1.68. The number of carboxylic acid groups (broad SMARTS) is 1. The fourth-order valence-electron chi connectivity index (χ4n) is 4.45. The third-order valence-electron chi connectivity index (χ3n) is 5.38. The van der Waals surface area contributed by atoms with Crippen LogP contribution < -0.4 is 0 Å². The molecule has 1 heterocycles. The summed E-state index contributed by atoms with van der Waals surface area (Å²) >= 11 is 0. The van der Waals surface area contributed by atoms with Gasteiger partial charge in [-0.1, -0.05) is 44.2 Å². The molecule has 0 radical (unpaired) electrons. The minimum Gasteiger partial charge on any atom is -0.481 e. The molecule has 1 aliphatic heterocycles. The van der Waals surface area contributed by atoms with Crippen molar-refractivity contribution < 1.29 is 19.4 Å². The van der Waals surface area contributed by atoms with Crippen LogP contribution in [0.2, 0.25) is 0 Å². The molecule has 3 rings (SSSR count). The number of nitrogens with zero attached hydrogens (tertiary/aromatic N) is 1. The highest BCUT2D eigenvalue weighted by atomic mass is 16.6. The van der Waals surface area contributed by atoms with E-state index in [-0.39, 0.29) is 30.6 Å². The lowest BCUT2D eigenvalue weighted by molar-refractivity contribution is -0.182. The number of benzene rings is 1. The zero-order valence-corrected chi connectivity index (χ0v) is 13.6. The first-order chi connectivity index (χ1) is 10.9. The van der Waals surface area contributed by atoms with Gasteiger partial charge in [0.05, 0.1) is 5.92 Å². The molecule has 1 aliphatic carbocycles. The Hall–Kier alpha value is -2.04. The van der Waals surface area contributed by atoms with E-state index in [0.29, 0.717) is 6.54 Å². The summed E-state index contributed by atoms with van der Waals surface area (Å²) in [7, 11) is 0. The Bertz CT molecular complexity index is 598. The summed E-state index contributed by atoms with van der Waals surface area (Å²) in [6, 6.07) is 9.53. The molecule has 1 N–H and O–H groups in total. The summed E-state index contributed by atoms with van der Waals surface area (Å²) in [5, 5.41) is 9.45. The van der Waals surface area contributed by atoms with Gasteiger partial charge >= 0.3 is 12.1 Å². The number of aliphatic carboxylic acids is 1. The molecule has 0 bridgehead atoms. The topological polar surface area (TPSA) is 66.8 Å². The van der Waals surface area contributed by atoms with Crippen molar-refractivity contribution in [1.29, 1.82) is 0 Å². The standard InChI is InChI=1S/C18H23NO4/c1-18(2)14(16(20)21)13-9-6-10-19(15(13)18)17(22)23-11-12-7-4-3-5-8-12/h3-5,7-8,13-15H,6,9-11H2,1-2H3,(H,20,21)/t13-,14+,15-/m1/s1.